The van der Waals surface area contributed by atoms with Crippen LogP contribution < -0.4 is 5.46 Å². The third-order valence-electron chi connectivity index (χ3n) is 5.23. The number of rotatable bonds is 2. The van der Waals surface area contributed by atoms with Crippen molar-refractivity contribution in [1.29, 1.82) is 0 Å². The summed E-state index contributed by atoms with van der Waals surface area (Å²) in [6.45, 7) is 7.76. The van der Waals surface area contributed by atoms with Crippen LogP contribution in [0.1, 0.15) is 52.5 Å². The van der Waals surface area contributed by atoms with Crippen molar-refractivity contribution in [3.8, 4) is 0 Å². The van der Waals surface area contributed by atoms with Crippen LogP contribution in [0.3, 0.4) is 0 Å². The van der Waals surface area contributed by atoms with Crippen LogP contribution in [0.25, 0.3) is 0 Å². The quantitative estimate of drug-likeness (QED) is 0.851. The second-order valence-electron chi connectivity index (χ2n) is 7.21. The van der Waals surface area contributed by atoms with Crippen LogP contribution in [-0.2, 0) is 14.9 Å². The lowest BCUT2D eigenvalue weighted by Gasteiger charge is -2.37. The van der Waals surface area contributed by atoms with Crippen LogP contribution in [0.2, 0.25) is 0 Å². The Labute approximate surface area is 125 Å². The molecule has 0 unspecified atom stereocenters. The number of hydrogen-bond acceptors (Lipinski definition) is 3. The Morgan fingerprint density at radius 2 is 1.67 bits per heavy atom. The number of halogens is 1. The summed E-state index contributed by atoms with van der Waals surface area (Å²) in [7, 11) is -0.708. The van der Waals surface area contributed by atoms with Crippen molar-refractivity contribution in [1.82, 2.24) is 0 Å². The van der Waals surface area contributed by atoms with E-state index in [4.69, 9.17) is 9.31 Å². The maximum Gasteiger partial charge on any atom is 0.497 e. The van der Waals surface area contributed by atoms with Gasteiger partial charge in [0.05, 0.1) is 16.8 Å². The molecule has 0 radical (unpaired) electrons. The molecule has 3 nitrogen and oxygen atoms in total. The first-order valence-corrected chi connectivity index (χ1v) is 7.53. The molecule has 1 aliphatic heterocycles. The van der Waals surface area contributed by atoms with Crippen molar-refractivity contribution in [3.63, 3.8) is 0 Å². The fraction of sp³-hybridized carbons (Fsp3) is 0.625. The highest BCUT2D eigenvalue weighted by Gasteiger charge is 2.52. The highest BCUT2D eigenvalue weighted by atomic mass is 19.1. The molecule has 3 rings (SSSR count). The summed E-state index contributed by atoms with van der Waals surface area (Å²) >= 11 is 0. The van der Waals surface area contributed by atoms with Crippen LogP contribution in [0, 0.1) is 5.82 Å². The number of aliphatic hydroxyl groups is 1. The molecule has 0 spiro atoms. The summed E-state index contributed by atoms with van der Waals surface area (Å²) in [5.41, 5.74) is -0.800. The molecular formula is C16H22BFO3. The van der Waals surface area contributed by atoms with E-state index in [-0.39, 0.29) is 5.82 Å². The Bertz CT molecular complexity index is 551. The predicted octanol–water partition coefficient (Wildman–Crippen LogP) is 2.50. The molecule has 1 heterocycles. The summed E-state index contributed by atoms with van der Waals surface area (Å²) in [4.78, 5) is 0. The number of benzene rings is 1. The van der Waals surface area contributed by atoms with Crippen molar-refractivity contribution in [2.45, 2.75) is 63.8 Å². The van der Waals surface area contributed by atoms with Crippen molar-refractivity contribution in [2.75, 3.05) is 0 Å². The molecule has 21 heavy (non-hydrogen) atoms. The zero-order valence-corrected chi connectivity index (χ0v) is 13.1. The molecule has 2 fully saturated rings. The predicted molar refractivity (Wildman–Crippen MR) is 79.9 cm³/mol. The van der Waals surface area contributed by atoms with Gasteiger partial charge in [0.15, 0.2) is 0 Å². The highest BCUT2D eigenvalue weighted by molar-refractivity contribution is 6.62. The van der Waals surface area contributed by atoms with Gasteiger partial charge in [0.1, 0.15) is 5.82 Å². The van der Waals surface area contributed by atoms with Gasteiger partial charge in [0, 0.05) is 5.46 Å². The monoisotopic (exact) mass is 292 g/mol. The van der Waals surface area contributed by atoms with Crippen LogP contribution in [0.15, 0.2) is 18.2 Å². The van der Waals surface area contributed by atoms with E-state index in [2.05, 4.69) is 0 Å². The minimum Gasteiger partial charge on any atom is -0.399 e. The van der Waals surface area contributed by atoms with E-state index in [1.165, 1.54) is 6.07 Å². The smallest absolute Gasteiger partial charge is 0.399 e. The van der Waals surface area contributed by atoms with Crippen LogP contribution in [-0.4, -0.2) is 23.4 Å². The third kappa shape index (κ3) is 2.32. The highest BCUT2D eigenvalue weighted by Crippen LogP contribution is 2.41. The minimum atomic E-state index is -0.852. The largest absolute Gasteiger partial charge is 0.497 e. The molecule has 2 aliphatic rings. The zero-order chi connectivity index (χ0) is 15.5. The zero-order valence-electron chi connectivity index (χ0n) is 13.1. The average Bonchev–Trinajstić information content (AvgIpc) is 2.55. The van der Waals surface area contributed by atoms with E-state index in [1.54, 1.807) is 12.1 Å². The fourth-order valence-electron chi connectivity index (χ4n) is 2.78. The van der Waals surface area contributed by atoms with Crippen molar-refractivity contribution < 1.29 is 18.8 Å². The van der Waals surface area contributed by atoms with Gasteiger partial charge in [-0.05, 0) is 58.6 Å². The minimum absolute atomic E-state index is 0.383. The van der Waals surface area contributed by atoms with Gasteiger partial charge in [-0.25, -0.2) is 4.39 Å². The van der Waals surface area contributed by atoms with E-state index in [0.717, 1.165) is 6.42 Å². The van der Waals surface area contributed by atoms with Gasteiger partial charge >= 0.3 is 7.12 Å². The topological polar surface area (TPSA) is 38.7 Å². The molecule has 1 aromatic rings. The lowest BCUT2D eigenvalue weighted by atomic mass is 9.72. The van der Waals surface area contributed by atoms with Crippen molar-refractivity contribution in [3.05, 3.63) is 29.6 Å². The van der Waals surface area contributed by atoms with E-state index < -0.39 is 23.9 Å². The summed E-state index contributed by atoms with van der Waals surface area (Å²) in [6, 6.07) is 4.87. The summed E-state index contributed by atoms with van der Waals surface area (Å²) in [6.07, 6.45) is 2.38. The molecule has 5 heteroatoms. The van der Waals surface area contributed by atoms with Gasteiger partial charge in [-0.3, -0.25) is 0 Å². The van der Waals surface area contributed by atoms with Gasteiger partial charge in [-0.15, -0.1) is 0 Å². The second kappa shape index (κ2) is 4.54. The molecule has 0 bridgehead atoms. The standard InChI is InChI=1S/C16H22BFO3/c1-14(2)15(3,4)21-17(20-14)12-7-6-11(10-13(12)18)16(19)8-5-9-16/h6-7,10,19H,5,8-9H2,1-4H3. The van der Waals surface area contributed by atoms with Gasteiger partial charge in [0.25, 0.3) is 0 Å². The maximum absolute atomic E-state index is 14.4. The van der Waals surface area contributed by atoms with Crippen LogP contribution >= 0.6 is 0 Å². The fourth-order valence-corrected chi connectivity index (χ4v) is 2.78. The molecule has 1 saturated heterocycles. The molecule has 1 aliphatic carbocycles. The van der Waals surface area contributed by atoms with Gasteiger partial charge in [-0.1, -0.05) is 12.1 Å². The Hall–Kier alpha value is -0.905. The van der Waals surface area contributed by atoms with Crippen molar-refractivity contribution >= 4 is 12.6 Å². The van der Waals surface area contributed by atoms with E-state index in [9.17, 15) is 9.50 Å². The molecular weight excluding hydrogens is 270 g/mol. The van der Waals surface area contributed by atoms with E-state index in [1.807, 2.05) is 27.7 Å². The Morgan fingerprint density at radius 1 is 1.10 bits per heavy atom. The normalized spacial score (nSPS) is 25.7. The van der Waals surface area contributed by atoms with Crippen molar-refractivity contribution in [2.24, 2.45) is 0 Å². The lowest BCUT2D eigenvalue weighted by molar-refractivity contribution is -0.0390. The summed E-state index contributed by atoms with van der Waals surface area (Å²) in [5, 5.41) is 10.3. The first-order chi connectivity index (χ1) is 9.65. The maximum atomic E-state index is 14.4. The number of hydrogen-bond donors (Lipinski definition) is 1. The first kappa shape index (κ1) is 15.0. The Balaban J connectivity index is 1.88. The van der Waals surface area contributed by atoms with Gasteiger partial charge in [-0.2, -0.15) is 0 Å². The third-order valence-corrected chi connectivity index (χ3v) is 5.23. The Morgan fingerprint density at radius 3 is 2.10 bits per heavy atom. The van der Waals surface area contributed by atoms with E-state index in [0.29, 0.717) is 23.9 Å². The molecule has 0 atom stereocenters. The molecule has 1 aromatic carbocycles. The lowest BCUT2D eigenvalue weighted by Crippen LogP contribution is -2.41. The molecule has 0 amide bonds. The summed E-state index contributed by atoms with van der Waals surface area (Å²) in [5.74, 6) is -0.383. The molecule has 1 saturated carbocycles. The molecule has 0 aromatic heterocycles. The molecule has 114 valence electrons. The second-order valence-corrected chi connectivity index (χ2v) is 7.21. The van der Waals surface area contributed by atoms with Crippen LogP contribution in [0.4, 0.5) is 4.39 Å². The van der Waals surface area contributed by atoms with Gasteiger partial charge < -0.3 is 14.4 Å². The Kier molecular flexibility index (Phi) is 3.25. The average molecular weight is 292 g/mol. The van der Waals surface area contributed by atoms with Crippen LogP contribution in [0.5, 0.6) is 0 Å². The van der Waals surface area contributed by atoms with Gasteiger partial charge in [0.2, 0.25) is 0 Å². The summed E-state index contributed by atoms with van der Waals surface area (Å²) < 4.78 is 26.2. The molecule has 1 N–H and O–H groups in total. The first-order valence-electron chi connectivity index (χ1n) is 7.53. The van der Waals surface area contributed by atoms with E-state index >= 15 is 0 Å². The SMILES string of the molecule is CC1(C)OB(c2ccc(C3(O)CCC3)cc2F)OC1(C)C.